The summed E-state index contributed by atoms with van der Waals surface area (Å²) in [4.78, 5) is 30.5. The number of aromatic nitrogens is 3. The molecule has 2 atom stereocenters. The second-order valence-electron chi connectivity index (χ2n) is 7.48. The molecule has 1 amide bonds. The van der Waals surface area contributed by atoms with E-state index >= 15 is 0 Å². The van der Waals surface area contributed by atoms with E-state index in [4.69, 9.17) is 4.74 Å². The maximum atomic E-state index is 13.4. The normalized spacial score (nSPS) is 20.3. The van der Waals surface area contributed by atoms with Gasteiger partial charge in [0.25, 0.3) is 12.3 Å². The van der Waals surface area contributed by atoms with Crippen LogP contribution in [-0.4, -0.2) is 45.7 Å². The van der Waals surface area contributed by atoms with E-state index in [2.05, 4.69) is 20.7 Å². The van der Waals surface area contributed by atoms with Crippen molar-refractivity contribution >= 4 is 34.2 Å². The number of thiophene rings is 1. The van der Waals surface area contributed by atoms with Crippen molar-refractivity contribution in [1.29, 1.82) is 0 Å². The Morgan fingerprint density at radius 2 is 2.13 bits per heavy atom. The SMILES string of the molecule is CCOC(=O)c1c(NC(=O)c2nc3n(n2)[C@@H](C(F)F)C[C@@H](C)N3)sc2c1CCCC2. The molecule has 11 heteroatoms. The highest BCUT2D eigenvalue weighted by Gasteiger charge is 2.35. The summed E-state index contributed by atoms with van der Waals surface area (Å²) in [6.45, 7) is 3.72. The number of ether oxygens (including phenoxy) is 1. The number of nitrogens with zero attached hydrogens (tertiary/aromatic N) is 3. The van der Waals surface area contributed by atoms with Gasteiger partial charge >= 0.3 is 5.97 Å². The lowest BCUT2D eigenvalue weighted by atomic mass is 9.95. The van der Waals surface area contributed by atoms with Gasteiger partial charge in [0.15, 0.2) is 0 Å². The Hall–Kier alpha value is -2.56. The number of nitrogens with one attached hydrogen (secondary N) is 2. The van der Waals surface area contributed by atoms with Crippen LogP contribution in [0, 0.1) is 0 Å². The number of hydrogen-bond donors (Lipinski definition) is 2. The smallest absolute Gasteiger partial charge is 0.341 e. The Bertz CT molecular complexity index is 974. The number of carbonyl (C=O) groups is 2. The molecule has 0 saturated heterocycles. The number of alkyl halides is 2. The monoisotopic (exact) mass is 439 g/mol. The number of carbonyl (C=O) groups excluding carboxylic acids is 2. The van der Waals surface area contributed by atoms with Gasteiger partial charge in [-0.1, -0.05) is 0 Å². The van der Waals surface area contributed by atoms with E-state index in [0.29, 0.717) is 10.6 Å². The predicted molar refractivity (Wildman–Crippen MR) is 108 cm³/mol. The lowest BCUT2D eigenvalue weighted by Crippen LogP contribution is -2.33. The Labute approximate surface area is 176 Å². The Morgan fingerprint density at radius 1 is 1.37 bits per heavy atom. The molecule has 2 N–H and O–H groups in total. The first kappa shape index (κ1) is 20.7. The summed E-state index contributed by atoms with van der Waals surface area (Å²) >= 11 is 1.35. The fraction of sp³-hybridized carbons (Fsp3) is 0.579. The number of halogens is 2. The van der Waals surface area contributed by atoms with E-state index < -0.39 is 24.3 Å². The van der Waals surface area contributed by atoms with Crippen molar-refractivity contribution in [3.8, 4) is 0 Å². The maximum Gasteiger partial charge on any atom is 0.341 e. The molecule has 3 heterocycles. The molecule has 0 unspecified atom stereocenters. The number of anilines is 2. The number of esters is 1. The minimum absolute atomic E-state index is 0.139. The molecular formula is C19H23F2N5O3S. The molecule has 0 bridgehead atoms. The van der Waals surface area contributed by atoms with Gasteiger partial charge in [0, 0.05) is 10.9 Å². The van der Waals surface area contributed by atoms with Gasteiger partial charge in [0.1, 0.15) is 11.0 Å². The van der Waals surface area contributed by atoms with Crippen LogP contribution in [0.3, 0.4) is 0 Å². The fourth-order valence-electron chi connectivity index (χ4n) is 3.93. The summed E-state index contributed by atoms with van der Waals surface area (Å²) in [6, 6.07) is -1.36. The molecule has 30 heavy (non-hydrogen) atoms. The zero-order chi connectivity index (χ0) is 21.4. The summed E-state index contributed by atoms with van der Waals surface area (Å²) in [7, 11) is 0. The molecule has 0 fully saturated rings. The largest absolute Gasteiger partial charge is 0.462 e. The van der Waals surface area contributed by atoms with Crippen molar-refractivity contribution in [2.75, 3.05) is 17.2 Å². The lowest BCUT2D eigenvalue weighted by molar-refractivity contribution is 0.0526. The standard InChI is InChI=1S/C19H23F2N5O3S/c1-3-29-18(28)13-10-6-4-5-7-12(10)30-17(13)24-16(27)15-23-19-22-9(2)8-11(14(20)21)26(19)25-15/h9,11,14H,3-8H2,1-2H3,(H,24,27)(H,22,23,25)/t9-,11-/m1/s1. The van der Waals surface area contributed by atoms with Crippen LogP contribution < -0.4 is 10.6 Å². The molecule has 2 aromatic heterocycles. The summed E-state index contributed by atoms with van der Waals surface area (Å²) in [5.74, 6) is -1.21. The average molecular weight is 439 g/mol. The van der Waals surface area contributed by atoms with Crippen molar-refractivity contribution in [1.82, 2.24) is 14.8 Å². The molecule has 0 radical (unpaired) electrons. The van der Waals surface area contributed by atoms with Crippen molar-refractivity contribution in [3.63, 3.8) is 0 Å². The molecule has 2 aliphatic rings. The van der Waals surface area contributed by atoms with Crippen molar-refractivity contribution < 1.29 is 23.1 Å². The Kier molecular flexibility index (Phi) is 5.72. The number of fused-ring (bicyclic) bond motifs is 2. The van der Waals surface area contributed by atoms with E-state index in [1.807, 2.05) is 0 Å². The van der Waals surface area contributed by atoms with E-state index in [1.54, 1.807) is 13.8 Å². The molecule has 0 spiro atoms. The van der Waals surface area contributed by atoms with Crippen LogP contribution in [0.15, 0.2) is 0 Å². The molecule has 1 aliphatic carbocycles. The molecule has 2 aromatic rings. The number of amides is 1. The zero-order valence-electron chi connectivity index (χ0n) is 16.7. The molecular weight excluding hydrogens is 416 g/mol. The minimum Gasteiger partial charge on any atom is -0.462 e. The van der Waals surface area contributed by atoms with Crippen LogP contribution in [0.1, 0.15) is 70.6 Å². The summed E-state index contributed by atoms with van der Waals surface area (Å²) in [5, 5.41) is 10.1. The van der Waals surface area contributed by atoms with Gasteiger partial charge in [-0.05, 0) is 51.5 Å². The van der Waals surface area contributed by atoms with Crippen LogP contribution in [0.4, 0.5) is 19.7 Å². The Morgan fingerprint density at radius 3 is 2.87 bits per heavy atom. The van der Waals surface area contributed by atoms with Gasteiger partial charge in [-0.2, -0.15) is 4.98 Å². The third-order valence-corrected chi connectivity index (χ3v) is 6.50. The van der Waals surface area contributed by atoms with Gasteiger partial charge in [0.2, 0.25) is 11.8 Å². The molecule has 1 aliphatic heterocycles. The molecule has 0 saturated carbocycles. The quantitative estimate of drug-likeness (QED) is 0.690. The van der Waals surface area contributed by atoms with Gasteiger partial charge in [-0.25, -0.2) is 18.3 Å². The highest BCUT2D eigenvalue weighted by molar-refractivity contribution is 7.17. The zero-order valence-corrected chi connectivity index (χ0v) is 17.5. The van der Waals surface area contributed by atoms with E-state index in [9.17, 15) is 18.4 Å². The van der Waals surface area contributed by atoms with Crippen molar-refractivity contribution in [3.05, 3.63) is 21.8 Å². The Balaban J connectivity index is 1.63. The van der Waals surface area contributed by atoms with Crippen LogP contribution >= 0.6 is 11.3 Å². The first-order chi connectivity index (χ1) is 14.4. The number of aryl methyl sites for hydroxylation is 1. The average Bonchev–Trinajstić information content (AvgIpc) is 3.28. The van der Waals surface area contributed by atoms with Crippen molar-refractivity contribution in [2.24, 2.45) is 0 Å². The van der Waals surface area contributed by atoms with E-state index in [0.717, 1.165) is 40.8 Å². The van der Waals surface area contributed by atoms with Crippen LogP contribution in [0.25, 0.3) is 0 Å². The van der Waals surface area contributed by atoms with Gasteiger partial charge in [-0.3, -0.25) is 4.79 Å². The minimum atomic E-state index is -2.62. The second kappa shape index (κ2) is 8.29. The first-order valence-electron chi connectivity index (χ1n) is 10.0. The van der Waals surface area contributed by atoms with Gasteiger partial charge in [-0.15, -0.1) is 16.4 Å². The second-order valence-corrected chi connectivity index (χ2v) is 8.58. The maximum absolute atomic E-state index is 13.4. The molecule has 0 aromatic carbocycles. The van der Waals surface area contributed by atoms with Gasteiger partial charge < -0.3 is 15.4 Å². The topological polar surface area (TPSA) is 98.1 Å². The van der Waals surface area contributed by atoms with Gasteiger partial charge in [0.05, 0.1) is 12.2 Å². The van der Waals surface area contributed by atoms with E-state index in [1.165, 1.54) is 11.3 Å². The summed E-state index contributed by atoms with van der Waals surface area (Å²) in [6.07, 6.45) is 1.15. The fourth-order valence-corrected chi connectivity index (χ4v) is 5.20. The number of hydrogen-bond acceptors (Lipinski definition) is 7. The van der Waals surface area contributed by atoms with Crippen molar-refractivity contribution in [2.45, 2.75) is 64.5 Å². The van der Waals surface area contributed by atoms with Crippen LogP contribution in [0.2, 0.25) is 0 Å². The third-order valence-electron chi connectivity index (χ3n) is 5.29. The summed E-state index contributed by atoms with van der Waals surface area (Å²) in [5.41, 5.74) is 1.30. The van der Waals surface area contributed by atoms with E-state index in [-0.39, 0.29) is 30.8 Å². The molecule has 4 rings (SSSR count). The van der Waals surface area contributed by atoms with Crippen LogP contribution in [-0.2, 0) is 17.6 Å². The molecule has 8 nitrogen and oxygen atoms in total. The first-order valence-corrected chi connectivity index (χ1v) is 10.8. The third kappa shape index (κ3) is 3.78. The van der Waals surface area contributed by atoms with Crippen LogP contribution in [0.5, 0.6) is 0 Å². The summed E-state index contributed by atoms with van der Waals surface area (Å²) < 4.78 is 33.1. The highest BCUT2D eigenvalue weighted by Crippen LogP contribution is 2.39. The highest BCUT2D eigenvalue weighted by atomic mass is 32.1. The predicted octanol–water partition coefficient (Wildman–Crippen LogP) is 3.66. The lowest BCUT2D eigenvalue weighted by Gasteiger charge is -2.28. The number of rotatable bonds is 5. The molecule has 162 valence electrons.